The fourth-order valence-corrected chi connectivity index (χ4v) is 1.12. The van der Waals surface area contributed by atoms with Crippen LogP contribution < -0.4 is 0 Å². The lowest BCUT2D eigenvalue weighted by Crippen LogP contribution is -1.84. The Hall–Kier alpha value is -1.64. The van der Waals surface area contributed by atoms with Gasteiger partial charge in [0.25, 0.3) is 0 Å². The first-order valence-electron chi connectivity index (χ1n) is 3.27. The van der Waals surface area contributed by atoms with Crippen LogP contribution in [0.25, 0.3) is 10.9 Å². The van der Waals surface area contributed by atoms with Crippen molar-refractivity contribution in [2.45, 2.75) is 0 Å². The number of fused-ring (bicyclic) bond motifs is 1. The van der Waals surface area contributed by atoms with Crippen LogP contribution in [0.3, 0.4) is 0 Å². The SMILES string of the molecule is Oc1ccc2c(ccn2O)c1. The van der Waals surface area contributed by atoms with Crippen LogP contribution >= 0.6 is 0 Å². The van der Waals surface area contributed by atoms with E-state index in [4.69, 9.17) is 10.3 Å². The van der Waals surface area contributed by atoms with Crippen molar-refractivity contribution in [2.75, 3.05) is 0 Å². The van der Waals surface area contributed by atoms with Crippen LogP contribution in [-0.4, -0.2) is 15.0 Å². The molecule has 0 bridgehead atoms. The van der Waals surface area contributed by atoms with Gasteiger partial charge in [0, 0.05) is 11.6 Å². The number of benzene rings is 1. The standard InChI is InChI=1S/C8H7NO2/c10-7-1-2-8-6(5-7)3-4-9(8)11/h1-5,10-11H. The summed E-state index contributed by atoms with van der Waals surface area (Å²) >= 11 is 0. The minimum atomic E-state index is 0.212. The molecule has 0 radical (unpaired) electrons. The van der Waals surface area contributed by atoms with Gasteiger partial charge in [0.2, 0.25) is 0 Å². The monoisotopic (exact) mass is 149 g/mol. The summed E-state index contributed by atoms with van der Waals surface area (Å²) in [5.41, 5.74) is 0.697. The molecular formula is C8H7NO2. The summed E-state index contributed by atoms with van der Waals surface area (Å²) in [6, 6.07) is 6.52. The molecule has 0 saturated heterocycles. The number of nitrogens with zero attached hydrogens (tertiary/aromatic N) is 1. The van der Waals surface area contributed by atoms with Gasteiger partial charge in [-0.15, -0.1) is 0 Å². The highest BCUT2D eigenvalue weighted by molar-refractivity contribution is 5.81. The third-order valence-electron chi connectivity index (χ3n) is 1.65. The lowest BCUT2D eigenvalue weighted by Gasteiger charge is -1.94. The normalized spacial score (nSPS) is 10.5. The molecule has 0 aliphatic rings. The van der Waals surface area contributed by atoms with Crippen molar-refractivity contribution < 1.29 is 10.3 Å². The van der Waals surface area contributed by atoms with Gasteiger partial charge in [-0.1, -0.05) is 0 Å². The highest BCUT2D eigenvalue weighted by Crippen LogP contribution is 2.19. The molecule has 0 amide bonds. The van der Waals surface area contributed by atoms with Crippen molar-refractivity contribution in [2.24, 2.45) is 0 Å². The van der Waals surface area contributed by atoms with E-state index >= 15 is 0 Å². The van der Waals surface area contributed by atoms with E-state index < -0.39 is 0 Å². The highest BCUT2D eigenvalue weighted by Gasteiger charge is 1.98. The van der Waals surface area contributed by atoms with E-state index in [9.17, 15) is 0 Å². The van der Waals surface area contributed by atoms with Crippen LogP contribution in [0, 0.1) is 0 Å². The molecule has 2 rings (SSSR count). The molecule has 2 aromatic rings. The van der Waals surface area contributed by atoms with Gasteiger partial charge in [0.1, 0.15) is 5.75 Å². The fourth-order valence-electron chi connectivity index (χ4n) is 1.12. The Balaban J connectivity index is 2.86. The number of phenols is 1. The van der Waals surface area contributed by atoms with Crippen LogP contribution in [0.4, 0.5) is 0 Å². The second-order valence-electron chi connectivity index (χ2n) is 2.40. The maximum atomic E-state index is 9.14. The van der Waals surface area contributed by atoms with Gasteiger partial charge >= 0.3 is 0 Å². The van der Waals surface area contributed by atoms with E-state index in [2.05, 4.69) is 0 Å². The van der Waals surface area contributed by atoms with Crippen molar-refractivity contribution in [3.8, 4) is 5.75 Å². The number of hydrogen-bond donors (Lipinski definition) is 2. The van der Waals surface area contributed by atoms with E-state index in [1.54, 1.807) is 18.2 Å². The van der Waals surface area contributed by atoms with Gasteiger partial charge in [0.05, 0.1) is 5.52 Å². The van der Waals surface area contributed by atoms with Gasteiger partial charge in [-0.2, -0.15) is 4.73 Å². The Labute approximate surface area is 63.1 Å². The van der Waals surface area contributed by atoms with E-state index in [0.717, 1.165) is 10.1 Å². The summed E-state index contributed by atoms with van der Waals surface area (Å²) in [6.07, 6.45) is 1.53. The average Bonchev–Trinajstić information content (AvgIpc) is 2.32. The van der Waals surface area contributed by atoms with Crippen LogP contribution in [-0.2, 0) is 0 Å². The Morgan fingerprint density at radius 2 is 2.00 bits per heavy atom. The second kappa shape index (κ2) is 1.92. The largest absolute Gasteiger partial charge is 0.508 e. The number of aromatic nitrogens is 1. The van der Waals surface area contributed by atoms with Gasteiger partial charge < -0.3 is 10.3 Å². The number of phenolic OH excluding ortho intramolecular Hbond substituents is 1. The Bertz CT molecular complexity index is 392. The molecule has 11 heavy (non-hydrogen) atoms. The van der Waals surface area contributed by atoms with Crippen molar-refractivity contribution in [3.05, 3.63) is 30.5 Å². The molecule has 0 fully saturated rings. The van der Waals surface area contributed by atoms with Crippen molar-refractivity contribution in [1.82, 2.24) is 4.73 Å². The summed E-state index contributed by atoms with van der Waals surface area (Å²) in [5, 5.41) is 19.0. The first kappa shape index (κ1) is 6.09. The predicted molar refractivity (Wildman–Crippen MR) is 40.8 cm³/mol. The first-order valence-corrected chi connectivity index (χ1v) is 3.27. The van der Waals surface area contributed by atoms with Gasteiger partial charge in [-0.25, -0.2) is 0 Å². The third-order valence-corrected chi connectivity index (χ3v) is 1.65. The molecular weight excluding hydrogens is 142 g/mol. The first-order chi connectivity index (χ1) is 5.27. The summed E-state index contributed by atoms with van der Waals surface area (Å²) in [5.74, 6) is 0.212. The molecule has 1 aromatic carbocycles. The molecule has 3 nitrogen and oxygen atoms in total. The quantitative estimate of drug-likeness (QED) is 0.558. The minimum Gasteiger partial charge on any atom is -0.508 e. The van der Waals surface area contributed by atoms with E-state index in [0.29, 0.717) is 5.52 Å². The second-order valence-corrected chi connectivity index (χ2v) is 2.40. The van der Waals surface area contributed by atoms with Crippen molar-refractivity contribution >= 4 is 10.9 Å². The van der Waals surface area contributed by atoms with E-state index in [1.165, 1.54) is 12.3 Å². The zero-order valence-corrected chi connectivity index (χ0v) is 5.73. The fraction of sp³-hybridized carbons (Fsp3) is 0. The van der Waals surface area contributed by atoms with E-state index in [-0.39, 0.29) is 5.75 Å². The highest BCUT2D eigenvalue weighted by atomic mass is 16.5. The van der Waals surface area contributed by atoms with Gasteiger partial charge in [-0.3, -0.25) is 0 Å². The smallest absolute Gasteiger partial charge is 0.116 e. The molecule has 3 heteroatoms. The average molecular weight is 149 g/mol. The molecule has 2 N–H and O–H groups in total. The van der Waals surface area contributed by atoms with Gasteiger partial charge in [0.15, 0.2) is 0 Å². The summed E-state index contributed by atoms with van der Waals surface area (Å²) in [6.45, 7) is 0. The summed E-state index contributed by atoms with van der Waals surface area (Å²) in [7, 11) is 0. The zero-order valence-electron chi connectivity index (χ0n) is 5.73. The molecule has 0 atom stereocenters. The topological polar surface area (TPSA) is 45.4 Å². The number of rotatable bonds is 0. The van der Waals surface area contributed by atoms with Gasteiger partial charge in [-0.05, 0) is 24.3 Å². The molecule has 0 aliphatic heterocycles. The van der Waals surface area contributed by atoms with Crippen LogP contribution in [0.5, 0.6) is 5.75 Å². The van der Waals surface area contributed by atoms with Crippen molar-refractivity contribution in [1.29, 1.82) is 0 Å². The molecule has 0 unspecified atom stereocenters. The van der Waals surface area contributed by atoms with Crippen LogP contribution in [0.1, 0.15) is 0 Å². The maximum absolute atomic E-state index is 9.14. The number of aromatic hydroxyl groups is 1. The van der Waals surface area contributed by atoms with Crippen LogP contribution in [0.2, 0.25) is 0 Å². The third kappa shape index (κ3) is 0.816. The van der Waals surface area contributed by atoms with E-state index in [1.807, 2.05) is 0 Å². The van der Waals surface area contributed by atoms with Crippen LogP contribution in [0.15, 0.2) is 30.5 Å². The Morgan fingerprint density at radius 1 is 1.18 bits per heavy atom. The molecule has 1 heterocycles. The predicted octanol–water partition coefficient (Wildman–Crippen LogP) is 1.58. The summed E-state index contributed by atoms with van der Waals surface area (Å²) in [4.78, 5) is 0. The number of hydrogen-bond acceptors (Lipinski definition) is 2. The molecule has 56 valence electrons. The molecule has 1 aromatic heterocycles. The minimum absolute atomic E-state index is 0.212. The lowest BCUT2D eigenvalue weighted by atomic mass is 10.2. The summed E-state index contributed by atoms with van der Waals surface area (Å²) < 4.78 is 1.02. The lowest BCUT2D eigenvalue weighted by molar-refractivity contribution is 0.200. The molecule has 0 spiro atoms. The Morgan fingerprint density at radius 3 is 2.82 bits per heavy atom. The maximum Gasteiger partial charge on any atom is 0.116 e. The van der Waals surface area contributed by atoms with Crippen molar-refractivity contribution in [3.63, 3.8) is 0 Å². The zero-order chi connectivity index (χ0) is 7.84. The molecule has 0 saturated carbocycles. The molecule has 0 aliphatic carbocycles. The Kier molecular flexibility index (Phi) is 1.06.